The number of anilines is 2. The lowest BCUT2D eigenvalue weighted by molar-refractivity contribution is -0.142. The zero-order valence-corrected chi connectivity index (χ0v) is 20.3. The molecule has 5 rings (SSSR count). The van der Waals surface area contributed by atoms with Gasteiger partial charge in [-0.3, -0.25) is 14.4 Å². The molecule has 1 saturated heterocycles. The zero-order chi connectivity index (χ0) is 24.9. The Labute approximate surface area is 210 Å². The van der Waals surface area contributed by atoms with E-state index in [9.17, 15) is 14.4 Å². The summed E-state index contributed by atoms with van der Waals surface area (Å²) >= 11 is 0. The summed E-state index contributed by atoms with van der Waals surface area (Å²) in [5.41, 5.74) is 1.67. The fourth-order valence-electron chi connectivity index (χ4n) is 5.06. The number of morpholine rings is 1. The van der Waals surface area contributed by atoms with Crippen molar-refractivity contribution in [3.05, 3.63) is 54.1 Å². The highest BCUT2D eigenvalue weighted by atomic mass is 16.5. The molecule has 2 aliphatic heterocycles. The van der Waals surface area contributed by atoms with Gasteiger partial charge in [0.05, 0.1) is 43.2 Å². The highest BCUT2D eigenvalue weighted by Gasteiger charge is 2.34. The molecule has 2 aromatic rings. The van der Waals surface area contributed by atoms with Gasteiger partial charge in [0.15, 0.2) is 6.10 Å². The van der Waals surface area contributed by atoms with Crippen molar-refractivity contribution < 1.29 is 23.9 Å². The van der Waals surface area contributed by atoms with E-state index in [1.807, 2.05) is 29.2 Å². The van der Waals surface area contributed by atoms with Gasteiger partial charge in [-0.25, -0.2) is 0 Å². The maximum absolute atomic E-state index is 13.2. The summed E-state index contributed by atoms with van der Waals surface area (Å²) in [4.78, 5) is 42.8. The van der Waals surface area contributed by atoms with Crippen LogP contribution in [-0.4, -0.2) is 74.2 Å². The lowest BCUT2D eigenvalue weighted by Crippen LogP contribution is -2.53. The summed E-state index contributed by atoms with van der Waals surface area (Å²) in [7, 11) is 0. The lowest BCUT2D eigenvalue weighted by atomic mass is 10.1. The maximum atomic E-state index is 13.2. The molecule has 190 valence electrons. The lowest BCUT2D eigenvalue weighted by Gasteiger charge is -2.38. The summed E-state index contributed by atoms with van der Waals surface area (Å²) in [6, 6.07) is 14.6. The van der Waals surface area contributed by atoms with Crippen LogP contribution in [0.25, 0.3) is 0 Å². The zero-order valence-electron chi connectivity index (χ0n) is 20.3. The molecule has 2 N–H and O–H groups in total. The molecule has 0 spiro atoms. The van der Waals surface area contributed by atoms with Crippen molar-refractivity contribution in [3.63, 3.8) is 0 Å². The molecular weight excluding hydrogens is 460 g/mol. The monoisotopic (exact) mass is 492 g/mol. The summed E-state index contributed by atoms with van der Waals surface area (Å²) in [6.45, 7) is 2.35. The van der Waals surface area contributed by atoms with Gasteiger partial charge in [-0.15, -0.1) is 0 Å². The van der Waals surface area contributed by atoms with Gasteiger partial charge >= 0.3 is 0 Å². The second-order valence-electron chi connectivity index (χ2n) is 9.44. The van der Waals surface area contributed by atoms with Crippen molar-refractivity contribution >= 4 is 29.1 Å². The topological polar surface area (TPSA) is 100 Å². The predicted molar refractivity (Wildman–Crippen MR) is 135 cm³/mol. The van der Waals surface area contributed by atoms with Gasteiger partial charge in [0, 0.05) is 19.1 Å². The molecule has 0 radical (unpaired) electrons. The number of amides is 3. The van der Waals surface area contributed by atoms with Crippen molar-refractivity contribution in [3.8, 4) is 5.75 Å². The summed E-state index contributed by atoms with van der Waals surface area (Å²) in [5.74, 6) is 0.0164. The SMILES string of the molecule is O=C(CN1C[C@H](C(=O)N2CCOCC2)Oc2ccccc21)Nc1ccccc1C(=O)NC1CCCC1. The van der Waals surface area contributed by atoms with Gasteiger partial charge in [0.2, 0.25) is 5.91 Å². The Morgan fingerprint density at radius 1 is 0.944 bits per heavy atom. The van der Waals surface area contributed by atoms with Crippen molar-refractivity contribution in [1.82, 2.24) is 10.2 Å². The van der Waals surface area contributed by atoms with Crippen LogP contribution in [0, 0.1) is 0 Å². The van der Waals surface area contributed by atoms with E-state index in [4.69, 9.17) is 9.47 Å². The average molecular weight is 493 g/mol. The first-order chi connectivity index (χ1) is 17.6. The van der Waals surface area contributed by atoms with Crippen molar-refractivity contribution in [1.29, 1.82) is 0 Å². The van der Waals surface area contributed by atoms with E-state index in [2.05, 4.69) is 10.6 Å². The van der Waals surface area contributed by atoms with Crippen LogP contribution in [0.5, 0.6) is 5.75 Å². The Hall–Kier alpha value is -3.59. The summed E-state index contributed by atoms with van der Waals surface area (Å²) in [6.07, 6.45) is 3.51. The molecule has 3 amide bonds. The van der Waals surface area contributed by atoms with Crippen LogP contribution in [0.2, 0.25) is 0 Å². The number of benzene rings is 2. The number of para-hydroxylation sites is 3. The highest BCUT2D eigenvalue weighted by Crippen LogP contribution is 2.33. The van der Waals surface area contributed by atoms with Crippen LogP contribution in [-0.2, 0) is 14.3 Å². The average Bonchev–Trinajstić information content (AvgIpc) is 3.42. The van der Waals surface area contributed by atoms with Crippen molar-refractivity contribution in [2.45, 2.75) is 37.8 Å². The Kier molecular flexibility index (Phi) is 7.36. The Balaban J connectivity index is 1.28. The number of nitrogens with one attached hydrogen (secondary N) is 2. The van der Waals surface area contributed by atoms with Gasteiger partial charge in [-0.1, -0.05) is 37.1 Å². The minimum Gasteiger partial charge on any atom is -0.477 e. The van der Waals surface area contributed by atoms with E-state index in [1.165, 1.54) is 0 Å². The molecule has 1 saturated carbocycles. The predicted octanol–water partition coefficient (Wildman–Crippen LogP) is 2.42. The molecule has 2 heterocycles. The molecule has 9 heteroatoms. The molecule has 9 nitrogen and oxygen atoms in total. The minimum atomic E-state index is -0.713. The molecule has 0 unspecified atom stereocenters. The normalized spacial score (nSPS) is 19.8. The second-order valence-corrected chi connectivity index (χ2v) is 9.44. The van der Waals surface area contributed by atoms with Crippen molar-refractivity contribution in [2.24, 2.45) is 0 Å². The number of hydrogen-bond donors (Lipinski definition) is 2. The van der Waals surface area contributed by atoms with E-state index in [1.54, 1.807) is 29.2 Å². The van der Waals surface area contributed by atoms with E-state index < -0.39 is 6.10 Å². The molecule has 2 aromatic carbocycles. The first kappa shape index (κ1) is 24.1. The number of carbonyl (C=O) groups is 3. The smallest absolute Gasteiger partial charge is 0.265 e. The molecule has 36 heavy (non-hydrogen) atoms. The van der Waals surface area contributed by atoms with Gasteiger partial charge < -0.3 is 29.9 Å². The third-order valence-electron chi connectivity index (χ3n) is 6.93. The van der Waals surface area contributed by atoms with Gasteiger partial charge in [0.1, 0.15) is 5.75 Å². The fourth-order valence-corrected chi connectivity index (χ4v) is 5.06. The number of rotatable bonds is 6. The minimum absolute atomic E-state index is 0.0197. The highest BCUT2D eigenvalue weighted by molar-refractivity contribution is 6.04. The molecule has 0 aromatic heterocycles. The number of nitrogens with zero attached hydrogens (tertiary/aromatic N) is 2. The molecular formula is C27H32N4O5. The van der Waals surface area contributed by atoms with Gasteiger partial charge in [-0.2, -0.15) is 0 Å². The number of hydrogen-bond acceptors (Lipinski definition) is 6. The van der Waals surface area contributed by atoms with E-state index >= 15 is 0 Å². The quantitative estimate of drug-likeness (QED) is 0.643. The Bertz CT molecular complexity index is 1110. The number of ether oxygens (including phenoxy) is 2. The molecule has 1 aliphatic carbocycles. The van der Waals surface area contributed by atoms with Crippen LogP contribution in [0.15, 0.2) is 48.5 Å². The third-order valence-corrected chi connectivity index (χ3v) is 6.93. The van der Waals surface area contributed by atoms with Crippen LogP contribution < -0.4 is 20.3 Å². The largest absolute Gasteiger partial charge is 0.477 e. The van der Waals surface area contributed by atoms with Crippen LogP contribution in [0.1, 0.15) is 36.0 Å². The summed E-state index contributed by atoms with van der Waals surface area (Å²) < 4.78 is 11.4. The standard InChI is InChI=1S/C27H32N4O5/c32-25(29-21-10-4-3-9-20(21)26(33)28-19-7-1-2-8-19)18-31-17-24(27(34)30-13-15-35-16-14-30)36-23-12-6-5-11-22(23)31/h3-6,9-12,19,24H,1-2,7-8,13-18H2,(H,28,33)(H,29,32)/t24-/m1/s1. The van der Waals surface area contributed by atoms with Crippen LogP contribution in [0.3, 0.4) is 0 Å². The molecule has 3 aliphatic rings. The van der Waals surface area contributed by atoms with Crippen molar-refractivity contribution in [2.75, 3.05) is 49.6 Å². The molecule has 2 fully saturated rings. The number of fused-ring (bicyclic) bond motifs is 1. The maximum Gasteiger partial charge on any atom is 0.265 e. The third kappa shape index (κ3) is 5.46. The van der Waals surface area contributed by atoms with Crippen LogP contribution >= 0.6 is 0 Å². The fraction of sp³-hybridized carbons (Fsp3) is 0.444. The van der Waals surface area contributed by atoms with E-state index in [0.29, 0.717) is 43.3 Å². The van der Waals surface area contributed by atoms with Crippen LogP contribution in [0.4, 0.5) is 11.4 Å². The Morgan fingerprint density at radius 2 is 1.67 bits per heavy atom. The Morgan fingerprint density at radius 3 is 2.47 bits per heavy atom. The van der Waals surface area contributed by atoms with E-state index in [0.717, 1.165) is 31.4 Å². The number of carbonyl (C=O) groups excluding carboxylic acids is 3. The molecule has 1 atom stereocenters. The second kappa shape index (κ2) is 11.0. The molecule has 0 bridgehead atoms. The van der Waals surface area contributed by atoms with Gasteiger partial charge in [0.25, 0.3) is 11.8 Å². The van der Waals surface area contributed by atoms with Gasteiger partial charge in [-0.05, 0) is 37.1 Å². The first-order valence-electron chi connectivity index (χ1n) is 12.7. The first-order valence-corrected chi connectivity index (χ1v) is 12.7. The van der Waals surface area contributed by atoms with E-state index in [-0.39, 0.29) is 36.9 Å². The summed E-state index contributed by atoms with van der Waals surface area (Å²) in [5, 5.41) is 5.99.